The molecular formula is C16H21ClN6O. The van der Waals surface area contributed by atoms with Gasteiger partial charge in [0.05, 0.1) is 23.8 Å². The lowest BCUT2D eigenvalue weighted by atomic mass is 10.1. The zero-order valence-corrected chi connectivity index (χ0v) is 14.6. The molecule has 7 nitrogen and oxygen atoms in total. The van der Waals surface area contributed by atoms with E-state index in [1.54, 1.807) is 17.9 Å². The Labute approximate surface area is 146 Å². The Morgan fingerprint density at radius 1 is 1.42 bits per heavy atom. The molecule has 0 spiro atoms. The van der Waals surface area contributed by atoms with Gasteiger partial charge in [0.15, 0.2) is 0 Å². The van der Waals surface area contributed by atoms with Crippen LogP contribution in [0.15, 0.2) is 30.6 Å². The molecule has 24 heavy (non-hydrogen) atoms. The summed E-state index contributed by atoms with van der Waals surface area (Å²) < 4.78 is 1.68. The maximum absolute atomic E-state index is 12.4. The van der Waals surface area contributed by atoms with Crippen LogP contribution in [0.4, 0.5) is 0 Å². The average molecular weight is 349 g/mol. The average Bonchev–Trinajstić information content (AvgIpc) is 3.11. The molecule has 0 aliphatic rings. The summed E-state index contributed by atoms with van der Waals surface area (Å²) in [7, 11) is 3.58. The zero-order chi connectivity index (χ0) is 16.4. The number of carbonyl (C=O) groups excluding carboxylic acids is 1. The maximum Gasteiger partial charge on any atom is 0.242 e. The van der Waals surface area contributed by atoms with E-state index < -0.39 is 6.04 Å². The second-order valence-corrected chi connectivity index (χ2v) is 5.59. The molecule has 3 rings (SSSR count). The Balaban J connectivity index is 0.00000208. The highest BCUT2D eigenvalue weighted by atomic mass is 35.5. The lowest BCUT2D eigenvalue weighted by Gasteiger charge is -2.13. The number of hydrogen-bond donors (Lipinski definition) is 3. The Kier molecular flexibility index (Phi) is 5.58. The van der Waals surface area contributed by atoms with Gasteiger partial charge in [0.2, 0.25) is 5.91 Å². The summed E-state index contributed by atoms with van der Waals surface area (Å²) in [5, 5.41) is 10.0. The van der Waals surface area contributed by atoms with E-state index in [2.05, 4.69) is 25.7 Å². The topological polar surface area (TPSA) is 87.6 Å². The fourth-order valence-electron chi connectivity index (χ4n) is 2.57. The fourth-order valence-corrected chi connectivity index (χ4v) is 2.57. The molecule has 0 saturated heterocycles. The number of aromatic amines is 1. The number of benzene rings is 1. The molecule has 0 fully saturated rings. The van der Waals surface area contributed by atoms with Crippen molar-refractivity contribution in [3.05, 3.63) is 47.5 Å². The number of fused-ring (bicyclic) bond motifs is 1. The summed E-state index contributed by atoms with van der Waals surface area (Å²) in [4.78, 5) is 20.1. The molecule has 0 saturated carbocycles. The minimum absolute atomic E-state index is 0. The summed E-state index contributed by atoms with van der Waals surface area (Å²) in [5.74, 6) is 0.622. The number of aromatic nitrogens is 4. The number of nitrogens with zero attached hydrogens (tertiary/aromatic N) is 3. The molecule has 3 aromatic rings. The molecule has 0 radical (unpaired) electrons. The van der Waals surface area contributed by atoms with E-state index in [4.69, 9.17) is 0 Å². The quantitative estimate of drug-likeness (QED) is 0.653. The zero-order valence-electron chi connectivity index (χ0n) is 13.8. The van der Waals surface area contributed by atoms with Gasteiger partial charge in [-0.2, -0.15) is 5.10 Å². The fraction of sp³-hybridized carbons (Fsp3) is 0.312. The van der Waals surface area contributed by atoms with Crippen molar-refractivity contribution in [2.24, 2.45) is 7.05 Å². The number of halogens is 1. The molecular weight excluding hydrogens is 328 g/mol. The number of nitrogens with one attached hydrogen (secondary N) is 3. The van der Waals surface area contributed by atoms with Gasteiger partial charge in [-0.15, -0.1) is 12.4 Å². The van der Waals surface area contributed by atoms with Crippen LogP contribution in [-0.2, 0) is 18.4 Å². The van der Waals surface area contributed by atoms with Crippen LogP contribution in [0.1, 0.15) is 23.0 Å². The Bertz CT molecular complexity index is 840. The van der Waals surface area contributed by atoms with E-state index in [0.717, 1.165) is 22.4 Å². The van der Waals surface area contributed by atoms with Crippen LogP contribution in [-0.4, -0.2) is 32.7 Å². The first kappa shape index (κ1) is 18.0. The van der Waals surface area contributed by atoms with Gasteiger partial charge in [-0.25, -0.2) is 4.98 Å². The van der Waals surface area contributed by atoms with Gasteiger partial charge in [0, 0.05) is 18.8 Å². The predicted octanol–water partition coefficient (Wildman–Crippen LogP) is 1.60. The van der Waals surface area contributed by atoms with E-state index in [1.807, 2.05) is 38.4 Å². The SMILES string of the molecule is CNC(C(=O)NCc1nc2ccc(C)cc2[nH]1)c1cnn(C)c1.Cl. The van der Waals surface area contributed by atoms with Gasteiger partial charge in [-0.3, -0.25) is 9.48 Å². The molecule has 128 valence electrons. The van der Waals surface area contributed by atoms with E-state index >= 15 is 0 Å². The lowest BCUT2D eigenvalue weighted by molar-refractivity contribution is -0.123. The van der Waals surface area contributed by atoms with Crippen molar-refractivity contribution in [1.82, 2.24) is 30.4 Å². The molecule has 3 N–H and O–H groups in total. The Hall–Kier alpha value is -2.38. The van der Waals surface area contributed by atoms with Crippen molar-refractivity contribution in [2.75, 3.05) is 7.05 Å². The van der Waals surface area contributed by atoms with Crippen LogP contribution in [0.2, 0.25) is 0 Å². The van der Waals surface area contributed by atoms with E-state index in [0.29, 0.717) is 6.54 Å². The number of hydrogen-bond acceptors (Lipinski definition) is 4. The van der Waals surface area contributed by atoms with Gasteiger partial charge in [-0.05, 0) is 31.7 Å². The highest BCUT2D eigenvalue weighted by Crippen LogP contribution is 2.14. The summed E-state index contributed by atoms with van der Waals surface area (Å²) in [6.45, 7) is 2.39. The van der Waals surface area contributed by atoms with Crippen molar-refractivity contribution >= 4 is 29.3 Å². The number of likely N-dealkylation sites (N-methyl/N-ethyl adjacent to an activating group) is 1. The second-order valence-electron chi connectivity index (χ2n) is 5.59. The first-order valence-corrected chi connectivity index (χ1v) is 7.45. The largest absolute Gasteiger partial charge is 0.347 e. The number of rotatable bonds is 5. The monoisotopic (exact) mass is 348 g/mol. The van der Waals surface area contributed by atoms with Gasteiger partial charge < -0.3 is 15.6 Å². The summed E-state index contributed by atoms with van der Waals surface area (Å²) >= 11 is 0. The molecule has 0 aliphatic heterocycles. The minimum Gasteiger partial charge on any atom is -0.347 e. The smallest absolute Gasteiger partial charge is 0.242 e. The first-order valence-electron chi connectivity index (χ1n) is 7.45. The van der Waals surface area contributed by atoms with Crippen molar-refractivity contribution in [1.29, 1.82) is 0 Å². The molecule has 1 unspecified atom stereocenters. The van der Waals surface area contributed by atoms with E-state index in [-0.39, 0.29) is 18.3 Å². The molecule has 1 atom stereocenters. The van der Waals surface area contributed by atoms with Crippen LogP contribution >= 0.6 is 12.4 Å². The van der Waals surface area contributed by atoms with E-state index in [1.165, 1.54) is 5.56 Å². The van der Waals surface area contributed by atoms with Crippen LogP contribution < -0.4 is 10.6 Å². The molecule has 0 bridgehead atoms. The van der Waals surface area contributed by atoms with Crippen molar-refractivity contribution in [3.8, 4) is 0 Å². The summed E-state index contributed by atoms with van der Waals surface area (Å²) in [6.07, 6.45) is 3.51. The molecule has 2 aromatic heterocycles. The molecule has 1 aromatic carbocycles. The first-order chi connectivity index (χ1) is 11.1. The predicted molar refractivity (Wildman–Crippen MR) is 94.9 cm³/mol. The van der Waals surface area contributed by atoms with Crippen LogP contribution in [0.5, 0.6) is 0 Å². The molecule has 2 heterocycles. The third-order valence-electron chi connectivity index (χ3n) is 3.73. The van der Waals surface area contributed by atoms with Crippen molar-refractivity contribution in [3.63, 3.8) is 0 Å². The van der Waals surface area contributed by atoms with Crippen LogP contribution in [0, 0.1) is 6.92 Å². The number of H-pyrrole nitrogens is 1. The van der Waals surface area contributed by atoms with Crippen LogP contribution in [0.25, 0.3) is 11.0 Å². The number of imidazole rings is 1. The van der Waals surface area contributed by atoms with Crippen LogP contribution in [0.3, 0.4) is 0 Å². The van der Waals surface area contributed by atoms with Gasteiger partial charge in [0.1, 0.15) is 11.9 Å². The summed E-state index contributed by atoms with van der Waals surface area (Å²) in [6, 6.07) is 5.60. The van der Waals surface area contributed by atoms with Crippen molar-refractivity contribution < 1.29 is 4.79 Å². The molecule has 8 heteroatoms. The summed E-state index contributed by atoms with van der Waals surface area (Å²) in [5.41, 5.74) is 3.88. The molecule has 0 aliphatic carbocycles. The number of aryl methyl sites for hydroxylation is 2. The number of amides is 1. The third-order valence-corrected chi connectivity index (χ3v) is 3.73. The highest BCUT2D eigenvalue weighted by molar-refractivity contribution is 5.85. The normalized spacial score (nSPS) is 12.0. The standard InChI is InChI=1S/C16H20N6O.ClH/c1-10-4-5-12-13(6-10)21-14(20-12)8-18-16(23)15(17-2)11-7-19-22(3)9-11;/h4-7,9,15,17H,8H2,1-3H3,(H,18,23)(H,20,21);1H. The lowest BCUT2D eigenvalue weighted by Crippen LogP contribution is -2.35. The Morgan fingerprint density at radius 3 is 2.88 bits per heavy atom. The third kappa shape index (κ3) is 3.74. The maximum atomic E-state index is 12.4. The molecule has 1 amide bonds. The van der Waals surface area contributed by atoms with Gasteiger partial charge >= 0.3 is 0 Å². The van der Waals surface area contributed by atoms with E-state index in [9.17, 15) is 4.79 Å². The van der Waals surface area contributed by atoms with Crippen molar-refractivity contribution in [2.45, 2.75) is 19.5 Å². The second kappa shape index (κ2) is 7.46. The van der Waals surface area contributed by atoms with Gasteiger partial charge in [-0.1, -0.05) is 6.07 Å². The highest BCUT2D eigenvalue weighted by Gasteiger charge is 2.20. The number of carbonyl (C=O) groups is 1. The van der Waals surface area contributed by atoms with Gasteiger partial charge in [0.25, 0.3) is 0 Å². The minimum atomic E-state index is -0.435. The Morgan fingerprint density at radius 2 is 2.21 bits per heavy atom.